The third-order valence-electron chi connectivity index (χ3n) is 4.06. The van der Waals surface area contributed by atoms with E-state index in [0.717, 1.165) is 18.2 Å². The number of esters is 2. The summed E-state index contributed by atoms with van der Waals surface area (Å²) in [5, 5.41) is 0.203. The number of nitrogens with zero attached hydrogens (tertiary/aromatic N) is 1. The highest BCUT2D eigenvalue weighted by atomic mass is 35.5. The molecular weight excluding hydrogens is 608 g/mol. The second-order valence-corrected chi connectivity index (χ2v) is 11.0. The van der Waals surface area contributed by atoms with E-state index in [1.807, 2.05) is 0 Å². The topological polar surface area (TPSA) is 121 Å². The van der Waals surface area contributed by atoms with Crippen molar-refractivity contribution in [1.29, 1.82) is 0 Å². The number of pyridine rings is 1. The molecule has 0 atom stereocenters. The van der Waals surface area contributed by atoms with Crippen LogP contribution in [0.3, 0.4) is 0 Å². The Morgan fingerprint density at radius 3 is 2.38 bits per heavy atom. The summed E-state index contributed by atoms with van der Waals surface area (Å²) in [5.74, 6) is -4.41. The SMILES string of the molecule is O=C(OCCOc1ccc(Cl)nc1)c1ccc(NS(=O)(=O)c2cc(Cl)c(Cl)s2)cc1OC(=O)C(F)(F)F. The van der Waals surface area contributed by atoms with E-state index < -0.39 is 39.5 Å². The van der Waals surface area contributed by atoms with Gasteiger partial charge in [0.25, 0.3) is 10.0 Å². The predicted octanol–water partition coefficient (Wildman–Crippen LogP) is 5.61. The van der Waals surface area contributed by atoms with Crippen molar-refractivity contribution in [2.45, 2.75) is 10.4 Å². The lowest BCUT2D eigenvalue weighted by Crippen LogP contribution is -2.28. The Bertz CT molecular complexity index is 1400. The van der Waals surface area contributed by atoms with Crippen molar-refractivity contribution in [2.75, 3.05) is 17.9 Å². The van der Waals surface area contributed by atoms with Gasteiger partial charge < -0.3 is 14.2 Å². The molecule has 0 saturated heterocycles. The monoisotopic (exact) mass is 618 g/mol. The number of ether oxygens (including phenoxy) is 3. The summed E-state index contributed by atoms with van der Waals surface area (Å²) in [6, 6.07) is 6.70. The number of rotatable bonds is 9. The van der Waals surface area contributed by atoms with Gasteiger partial charge in [-0.05, 0) is 30.3 Å². The van der Waals surface area contributed by atoms with Gasteiger partial charge in [-0.1, -0.05) is 34.8 Å². The van der Waals surface area contributed by atoms with Crippen LogP contribution in [0.2, 0.25) is 14.5 Å². The lowest BCUT2D eigenvalue weighted by atomic mass is 10.2. The Balaban J connectivity index is 1.77. The number of halogens is 6. The van der Waals surface area contributed by atoms with Crippen LogP contribution in [0.5, 0.6) is 11.5 Å². The molecule has 0 bridgehead atoms. The molecule has 0 radical (unpaired) electrons. The Morgan fingerprint density at radius 1 is 1.05 bits per heavy atom. The number of benzene rings is 1. The smallest absolute Gasteiger partial charge is 0.488 e. The molecule has 3 rings (SSSR count). The largest absolute Gasteiger partial charge is 0.491 e. The van der Waals surface area contributed by atoms with Crippen molar-refractivity contribution < 1.29 is 45.4 Å². The lowest BCUT2D eigenvalue weighted by molar-refractivity contribution is -0.189. The number of thiophene rings is 1. The maximum Gasteiger partial charge on any atom is 0.491 e. The number of carbonyl (C=O) groups is 2. The first-order valence-corrected chi connectivity index (χ1v) is 13.0. The first-order chi connectivity index (χ1) is 17.3. The van der Waals surface area contributed by atoms with Crippen LogP contribution in [-0.4, -0.2) is 44.7 Å². The number of carbonyl (C=O) groups excluding carboxylic acids is 2. The lowest BCUT2D eigenvalue weighted by Gasteiger charge is -2.14. The first kappa shape index (κ1) is 28.8. The molecule has 0 spiro atoms. The van der Waals surface area contributed by atoms with Crippen molar-refractivity contribution in [3.05, 3.63) is 62.7 Å². The maximum atomic E-state index is 12.8. The molecule has 0 saturated carbocycles. The Morgan fingerprint density at radius 2 is 1.78 bits per heavy atom. The summed E-state index contributed by atoms with van der Waals surface area (Å²) in [5.41, 5.74) is -0.920. The number of anilines is 1. The van der Waals surface area contributed by atoms with Crippen molar-refractivity contribution in [3.63, 3.8) is 0 Å². The Hall–Kier alpha value is -2.78. The number of sulfonamides is 1. The maximum absolute atomic E-state index is 12.8. The number of alkyl halides is 3. The fraction of sp³-hybridized carbons (Fsp3) is 0.150. The van der Waals surface area contributed by atoms with Gasteiger partial charge in [0.1, 0.15) is 44.0 Å². The van der Waals surface area contributed by atoms with E-state index in [2.05, 4.69) is 14.4 Å². The van der Waals surface area contributed by atoms with Crippen LogP contribution in [0.4, 0.5) is 18.9 Å². The Kier molecular flexibility index (Phi) is 9.13. The fourth-order valence-corrected chi connectivity index (χ4v) is 5.52. The molecule has 0 aliphatic carbocycles. The fourth-order valence-electron chi connectivity index (χ4n) is 2.48. The average molecular weight is 620 g/mol. The summed E-state index contributed by atoms with van der Waals surface area (Å²) in [6.45, 7) is -0.501. The zero-order valence-corrected chi connectivity index (χ0v) is 21.7. The van der Waals surface area contributed by atoms with E-state index in [1.165, 1.54) is 18.3 Å². The zero-order chi connectivity index (χ0) is 27.4. The number of aromatic nitrogens is 1. The molecule has 0 unspecified atom stereocenters. The third-order valence-corrected chi connectivity index (χ3v) is 8.00. The highest BCUT2D eigenvalue weighted by molar-refractivity contribution is 7.94. The van der Waals surface area contributed by atoms with Crippen LogP contribution < -0.4 is 14.2 Å². The quantitative estimate of drug-likeness (QED) is 0.142. The molecule has 3 aromatic rings. The molecule has 9 nitrogen and oxygen atoms in total. The van der Waals surface area contributed by atoms with Gasteiger partial charge in [0.2, 0.25) is 0 Å². The van der Waals surface area contributed by atoms with E-state index in [1.54, 1.807) is 0 Å². The van der Waals surface area contributed by atoms with Crippen molar-refractivity contribution in [3.8, 4) is 11.5 Å². The molecule has 37 heavy (non-hydrogen) atoms. The number of hydrogen-bond acceptors (Lipinski definition) is 9. The zero-order valence-electron chi connectivity index (χ0n) is 17.8. The van der Waals surface area contributed by atoms with Crippen LogP contribution in [0, 0.1) is 0 Å². The summed E-state index contributed by atoms with van der Waals surface area (Å²) in [7, 11) is -4.28. The molecule has 17 heteroatoms. The van der Waals surface area contributed by atoms with Crippen LogP contribution in [-0.2, 0) is 19.6 Å². The Labute approximate surface area is 226 Å². The molecule has 0 aliphatic rings. The van der Waals surface area contributed by atoms with E-state index in [-0.39, 0.29) is 37.6 Å². The van der Waals surface area contributed by atoms with Gasteiger partial charge in [-0.25, -0.2) is 23.0 Å². The van der Waals surface area contributed by atoms with Gasteiger partial charge in [-0.2, -0.15) is 13.2 Å². The molecule has 0 fully saturated rings. The van der Waals surface area contributed by atoms with Crippen LogP contribution in [0.25, 0.3) is 0 Å². The van der Waals surface area contributed by atoms with Crippen molar-refractivity contribution in [2.24, 2.45) is 0 Å². The van der Waals surface area contributed by atoms with E-state index >= 15 is 0 Å². The van der Waals surface area contributed by atoms with Gasteiger partial charge in [0.15, 0.2) is 0 Å². The van der Waals surface area contributed by atoms with Gasteiger partial charge >= 0.3 is 18.1 Å². The summed E-state index contributed by atoms with van der Waals surface area (Å²) in [6.07, 6.45) is -4.08. The molecule has 198 valence electrons. The number of hydrogen-bond donors (Lipinski definition) is 1. The van der Waals surface area contributed by atoms with E-state index in [0.29, 0.717) is 23.2 Å². The van der Waals surface area contributed by atoms with Crippen LogP contribution in [0.15, 0.2) is 46.8 Å². The molecule has 1 N–H and O–H groups in total. The van der Waals surface area contributed by atoms with Crippen molar-refractivity contribution in [1.82, 2.24) is 4.98 Å². The molecule has 1 aromatic carbocycles. The highest BCUT2D eigenvalue weighted by Crippen LogP contribution is 2.35. The normalized spacial score (nSPS) is 11.6. The predicted molar refractivity (Wildman–Crippen MR) is 128 cm³/mol. The third kappa shape index (κ3) is 7.85. The van der Waals surface area contributed by atoms with Crippen molar-refractivity contribution >= 4 is 73.8 Å². The second-order valence-electron chi connectivity index (χ2n) is 6.69. The minimum absolute atomic E-state index is 0.00348. The van der Waals surface area contributed by atoms with Gasteiger partial charge in [0, 0.05) is 6.07 Å². The molecule has 2 aromatic heterocycles. The van der Waals surface area contributed by atoms with Crippen LogP contribution in [0.1, 0.15) is 10.4 Å². The molecule has 0 amide bonds. The summed E-state index contributed by atoms with van der Waals surface area (Å²) < 4.78 is 79.8. The highest BCUT2D eigenvalue weighted by Gasteiger charge is 2.42. The summed E-state index contributed by atoms with van der Waals surface area (Å²) >= 11 is 17.8. The van der Waals surface area contributed by atoms with Gasteiger partial charge in [0.05, 0.1) is 16.9 Å². The molecule has 0 aliphatic heterocycles. The molecule has 2 heterocycles. The standard InChI is InChI=1S/C20H12Cl3F3N2O7S2/c21-13-8-16(36-17(13)23)37(31,32)28-10-1-3-12(14(7-10)35-19(30)20(24,25)26)18(29)34-6-5-33-11-2-4-15(22)27-9-11/h1-4,7-9,28H,5-6H2. The summed E-state index contributed by atoms with van der Waals surface area (Å²) in [4.78, 5) is 27.7. The second kappa shape index (κ2) is 11.7. The van der Waals surface area contributed by atoms with E-state index in [4.69, 9.17) is 44.3 Å². The average Bonchev–Trinajstić information content (AvgIpc) is 3.16. The minimum Gasteiger partial charge on any atom is -0.488 e. The first-order valence-electron chi connectivity index (χ1n) is 9.58. The molecular formula is C20H12Cl3F3N2O7S2. The van der Waals surface area contributed by atoms with Gasteiger partial charge in [-0.15, -0.1) is 11.3 Å². The van der Waals surface area contributed by atoms with E-state index in [9.17, 15) is 31.2 Å². The minimum atomic E-state index is -5.40. The number of nitrogens with one attached hydrogen (secondary N) is 1. The van der Waals surface area contributed by atoms with Crippen LogP contribution >= 0.6 is 46.1 Å². The van der Waals surface area contributed by atoms with Gasteiger partial charge in [-0.3, -0.25) is 4.72 Å².